The number of hydrogen-bond acceptors (Lipinski definition) is 2. The van der Waals surface area contributed by atoms with Crippen LogP contribution in [0.1, 0.15) is 11.1 Å². The number of rotatable bonds is 6. The monoisotopic (exact) mass is 303 g/mol. The Kier molecular flexibility index (Phi) is 5.81. The number of aryl methyl sites for hydroxylation is 1. The maximum absolute atomic E-state index is 13.0. The molecule has 0 aliphatic heterocycles. The van der Waals surface area contributed by atoms with Crippen molar-refractivity contribution in [2.75, 3.05) is 12.3 Å². The second kappa shape index (κ2) is 7.84. The van der Waals surface area contributed by atoms with Crippen molar-refractivity contribution in [2.24, 2.45) is 0 Å². The van der Waals surface area contributed by atoms with Gasteiger partial charge < -0.3 is 5.32 Å². The Hall–Kier alpha value is -1.81. The molecule has 4 heteroatoms. The normalized spacial score (nSPS) is 10.4. The van der Waals surface area contributed by atoms with Crippen molar-refractivity contribution < 1.29 is 9.18 Å². The molecule has 0 spiro atoms. The molecule has 1 amide bonds. The van der Waals surface area contributed by atoms with Gasteiger partial charge in [-0.25, -0.2) is 4.39 Å². The van der Waals surface area contributed by atoms with E-state index in [2.05, 4.69) is 5.32 Å². The van der Waals surface area contributed by atoms with Gasteiger partial charge in [0.25, 0.3) is 0 Å². The van der Waals surface area contributed by atoms with Gasteiger partial charge in [-0.05, 0) is 42.7 Å². The molecule has 2 aromatic carbocycles. The van der Waals surface area contributed by atoms with Crippen molar-refractivity contribution in [3.63, 3.8) is 0 Å². The topological polar surface area (TPSA) is 29.1 Å². The van der Waals surface area contributed by atoms with Crippen LogP contribution < -0.4 is 5.32 Å². The molecule has 2 rings (SSSR count). The third kappa shape index (κ3) is 5.23. The third-order valence-corrected chi connectivity index (χ3v) is 4.25. The second-order valence-corrected chi connectivity index (χ2v) is 5.80. The molecule has 0 fully saturated rings. The summed E-state index contributed by atoms with van der Waals surface area (Å²) in [4.78, 5) is 12.9. The van der Waals surface area contributed by atoms with Crippen LogP contribution in [0.25, 0.3) is 0 Å². The van der Waals surface area contributed by atoms with Gasteiger partial charge in [-0.1, -0.05) is 30.3 Å². The molecule has 2 aromatic rings. The molecule has 110 valence electrons. The highest BCUT2D eigenvalue weighted by atomic mass is 32.2. The maximum Gasteiger partial charge on any atom is 0.230 e. The van der Waals surface area contributed by atoms with Crippen LogP contribution in [0.15, 0.2) is 53.4 Å². The van der Waals surface area contributed by atoms with Crippen LogP contribution in [0.2, 0.25) is 0 Å². The molecule has 1 N–H and O–H groups in total. The van der Waals surface area contributed by atoms with Gasteiger partial charge in [-0.3, -0.25) is 4.79 Å². The Morgan fingerprint density at radius 3 is 2.76 bits per heavy atom. The lowest BCUT2D eigenvalue weighted by molar-refractivity contribution is -0.118. The molecule has 0 saturated heterocycles. The Balaban J connectivity index is 1.72. The SMILES string of the molecule is Cc1ccccc1SCC(=O)NCCc1cccc(F)c1. The number of benzene rings is 2. The van der Waals surface area contributed by atoms with Crippen LogP contribution in [0.4, 0.5) is 4.39 Å². The highest BCUT2D eigenvalue weighted by Crippen LogP contribution is 2.21. The van der Waals surface area contributed by atoms with E-state index in [0.717, 1.165) is 10.5 Å². The van der Waals surface area contributed by atoms with Gasteiger partial charge in [0, 0.05) is 11.4 Å². The Bertz CT molecular complexity index is 615. The fraction of sp³-hybridized carbons (Fsp3) is 0.235. The minimum absolute atomic E-state index is 0.000318. The highest BCUT2D eigenvalue weighted by Gasteiger charge is 2.04. The number of carbonyl (C=O) groups is 1. The van der Waals surface area contributed by atoms with E-state index in [1.54, 1.807) is 6.07 Å². The lowest BCUT2D eigenvalue weighted by atomic mass is 10.1. The summed E-state index contributed by atoms with van der Waals surface area (Å²) in [6, 6.07) is 14.5. The van der Waals surface area contributed by atoms with Crippen LogP contribution in [0.3, 0.4) is 0 Å². The smallest absolute Gasteiger partial charge is 0.230 e. The Morgan fingerprint density at radius 2 is 2.00 bits per heavy atom. The molecule has 0 aliphatic carbocycles. The zero-order chi connectivity index (χ0) is 15.1. The highest BCUT2D eigenvalue weighted by molar-refractivity contribution is 8.00. The first kappa shape index (κ1) is 15.6. The van der Waals surface area contributed by atoms with Crippen LogP contribution in [0, 0.1) is 12.7 Å². The molecular weight excluding hydrogens is 285 g/mol. The summed E-state index contributed by atoms with van der Waals surface area (Å²) in [6.07, 6.45) is 0.637. The number of nitrogens with one attached hydrogen (secondary N) is 1. The van der Waals surface area contributed by atoms with E-state index in [-0.39, 0.29) is 11.7 Å². The number of hydrogen-bond donors (Lipinski definition) is 1. The fourth-order valence-electron chi connectivity index (χ4n) is 1.95. The predicted octanol–water partition coefficient (Wildman–Crippen LogP) is 3.59. The molecule has 2 nitrogen and oxygen atoms in total. The second-order valence-electron chi connectivity index (χ2n) is 4.78. The van der Waals surface area contributed by atoms with Gasteiger partial charge in [-0.15, -0.1) is 11.8 Å². The summed E-state index contributed by atoms with van der Waals surface area (Å²) < 4.78 is 13.0. The lowest BCUT2D eigenvalue weighted by Gasteiger charge is -2.07. The first-order valence-corrected chi connectivity index (χ1v) is 7.83. The van der Waals surface area contributed by atoms with Gasteiger partial charge in [0.15, 0.2) is 0 Å². The van der Waals surface area contributed by atoms with Crippen LogP contribution in [-0.2, 0) is 11.2 Å². The van der Waals surface area contributed by atoms with Gasteiger partial charge >= 0.3 is 0 Å². The first-order valence-electron chi connectivity index (χ1n) is 6.85. The lowest BCUT2D eigenvalue weighted by Crippen LogP contribution is -2.27. The van der Waals surface area contributed by atoms with Crippen molar-refractivity contribution in [2.45, 2.75) is 18.2 Å². The minimum Gasteiger partial charge on any atom is -0.355 e. The van der Waals surface area contributed by atoms with E-state index in [0.29, 0.717) is 18.7 Å². The predicted molar refractivity (Wildman–Crippen MR) is 85.0 cm³/mol. The average molecular weight is 303 g/mol. The summed E-state index contributed by atoms with van der Waals surface area (Å²) >= 11 is 1.53. The van der Waals surface area contributed by atoms with E-state index in [4.69, 9.17) is 0 Å². The zero-order valence-corrected chi connectivity index (χ0v) is 12.8. The third-order valence-electron chi connectivity index (χ3n) is 3.08. The van der Waals surface area contributed by atoms with Gasteiger partial charge in [0.05, 0.1) is 5.75 Å². The average Bonchev–Trinajstić information content (AvgIpc) is 2.46. The number of halogens is 1. The molecule has 0 aromatic heterocycles. The van der Waals surface area contributed by atoms with Crippen molar-refractivity contribution in [3.8, 4) is 0 Å². The van der Waals surface area contributed by atoms with Crippen LogP contribution in [-0.4, -0.2) is 18.2 Å². The van der Waals surface area contributed by atoms with Crippen molar-refractivity contribution >= 4 is 17.7 Å². The minimum atomic E-state index is -0.242. The molecule has 0 radical (unpaired) electrons. The molecule has 0 saturated carbocycles. The molecule has 0 bridgehead atoms. The first-order chi connectivity index (χ1) is 10.1. The van der Waals surface area contributed by atoms with E-state index >= 15 is 0 Å². The summed E-state index contributed by atoms with van der Waals surface area (Å²) in [5.74, 6) is 0.155. The molecule has 0 heterocycles. The van der Waals surface area contributed by atoms with Gasteiger partial charge in [0.2, 0.25) is 5.91 Å². The van der Waals surface area contributed by atoms with E-state index in [9.17, 15) is 9.18 Å². The maximum atomic E-state index is 13.0. The van der Waals surface area contributed by atoms with Crippen molar-refractivity contribution in [1.29, 1.82) is 0 Å². The largest absolute Gasteiger partial charge is 0.355 e. The van der Waals surface area contributed by atoms with E-state index in [1.807, 2.05) is 37.3 Å². The summed E-state index contributed by atoms with van der Waals surface area (Å²) in [7, 11) is 0. The standard InChI is InChI=1S/C17H18FNOS/c1-13-5-2-3-8-16(13)21-12-17(20)19-10-9-14-6-4-7-15(18)11-14/h2-8,11H,9-10,12H2,1H3,(H,19,20). The molecule has 21 heavy (non-hydrogen) atoms. The zero-order valence-electron chi connectivity index (χ0n) is 11.9. The Morgan fingerprint density at radius 1 is 1.19 bits per heavy atom. The van der Waals surface area contributed by atoms with Gasteiger partial charge in [0.1, 0.15) is 5.82 Å². The van der Waals surface area contributed by atoms with Crippen LogP contribution >= 0.6 is 11.8 Å². The van der Waals surface area contributed by atoms with Crippen LogP contribution in [0.5, 0.6) is 0 Å². The summed E-state index contributed by atoms with van der Waals surface area (Å²) in [5.41, 5.74) is 2.07. The van der Waals surface area contributed by atoms with Crippen molar-refractivity contribution in [1.82, 2.24) is 5.32 Å². The summed E-state index contributed by atoms with van der Waals surface area (Å²) in [6.45, 7) is 2.56. The van der Waals surface area contributed by atoms with Crippen molar-refractivity contribution in [3.05, 3.63) is 65.5 Å². The number of thioether (sulfide) groups is 1. The fourth-order valence-corrected chi connectivity index (χ4v) is 2.81. The number of amides is 1. The Labute approximate surface area is 128 Å². The molecule has 0 unspecified atom stereocenters. The van der Waals surface area contributed by atoms with Gasteiger partial charge in [-0.2, -0.15) is 0 Å². The van der Waals surface area contributed by atoms with E-state index < -0.39 is 0 Å². The van der Waals surface area contributed by atoms with E-state index in [1.165, 1.54) is 29.5 Å². The molecular formula is C17H18FNOS. The number of carbonyl (C=O) groups excluding carboxylic acids is 1. The summed E-state index contributed by atoms with van der Waals surface area (Å²) in [5, 5.41) is 2.86. The quantitative estimate of drug-likeness (QED) is 0.826. The molecule has 0 aliphatic rings. The molecule has 0 atom stereocenters.